The minimum atomic E-state index is -1.14. The van der Waals surface area contributed by atoms with Gasteiger partial charge in [-0.05, 0) is 19.9 Å². The van der Waals surface area contributed by atoms with Gasteiger partial charge in [0.25, 0.3) is 5.91 Å². The first-order valence-corrected chi connectivity index (χ1v) is 6.63. The van der Waals surface area contributed by atoms with Crippen LogP contribution in [0.1, 0.15) is 34.8 Å². The summed E-state index contributed by atoms with van der Waals surface area (Å²) in [7, 11) is 0. The molecule has 6 heteroatoms. The van der Waals surface area contributed by atoms with Crippen molar-refractivity contribution in [3.05, 3.63) is 23.7 Å². The van der Waals surface area contributed by atoms with E-state index in [4.69, 9.17) is 9.52 Å². The number of carbonyl (C=O) groups is 2. The molecule has 5 nitrogen and oxygen atoms in total. The lowest BCUT2D eigenvalue weighted by Gasteiger charge is -2.37. The van der Waals surface area contributed by atoms with Gasteiger partial charge in [0.1, 0.15) is 5.56 Å². The third kappa shape index (κ3) is 2.53. The van der Waals surface area contributed by atoms with Crippen molar-refractivity contribution in [1.82, 2.24) is 4.90 Å². The summed E-state index contributed by atoms with van der Waals surface area (Å²) in [4.78, 5) is 24.9. The maximum atomic E-state index is 12.2. The summed E-state index contributed by atoms with van der Waals surface area (Å²) in [6.07, 6.45) is 1.24. The van der Waals surface area contributed by atoms with Crippen LogP contribution < -0.4 is 0 Å². The van der Waals surface area contributed by atoms with Crippen molar-refractivity contribution in [1.29, 1.82) is 0 Å². The van der Waals surface area contributed by atoms with Gasteiger partial charge in [-0.1, -0.05) is 0 Å². The van der Waals surface area contributed by atoms with Gasteiger partial charge >= 0.3 is 5.97 Å². The van der Waals surface area contributed by atoms with Gasteiger partial charge in [-0.3, -0.25) is 4.79 Å². The number of aromatic carboxylic acids is 1. The molecule has 1 aromatic heterocycles. The average molecular weight is 269 g/mol. The highest BCUT2D eigenvalue weighted by Gasteiger charge is 2.33. The first kappa shape index (κ1) is 13.0. The fourth-order valence-electron chi connectivity index (χ4n) is 1.98. The Hall–Kier alpha value is -1.43. The normalized spacial score (nSPS) is 18.7. The fraction of sp³-hybridized carbons (Fsp3) is 0.500. The van der Waals surface area contributed by atoms with Crippen LogP contribution in [0, 0.1) is 0 Å². The molecule has 0 aromatic carbocycles. The SMILES string of the molecule is CC1(C)CN(C(=O)c2occc2C(=O)O)CCS1. The molecule has 1 N–H and O–H groups in total. The van der Waals surface area contributed by atoms with Crippen molar-refractivity contribution in [3.8, 4) is 0 Å². The topological polar surface area (TPSA) is 70.8 Å². The number of amides is 1. The Morgan fingerprint density at radius 2 is 2.22 bits per heavy atom. The molecule has 2 rings (SSSR count). The predicted molar refractivity (Wildman–Crippen MR) is 68.1 cm³/mol. The second kappa shape index (κ2) is 4.68. The molecule has 0 aliphatic carbocycles. The molecule has 1 saturated heterocycles. The second-order valence-corrected chi connectivity index (χ2v) is 6.61. The van der Waals surface area contributed by atoms with Gasteiger partial charge in [-0.2, -0.15) is 11.8 Å². The van der Waals surface area contributed by atoms with E-state index in [1.807, 2.05) is 11.8 Å². The second-order valence-electron chi connectivity index (χ2n) is 4.80. The summed E-state index contributed by atoms with van der Waals surface area (Å²) < 4.78 is 5.02. The Kier molecular flexibility index (Phi) is 3.38. The van der Waals surface area contributed by atoms with Crippen molar-refractivity contribution in [2.75, 3.05) is 18.8 Å². The van der Waals surface area contributed by atoms with E-state index in [9.17, 15) is 9.59 Å². The van der Waals surface area contributed by atoms with Crippen LogP contribution in [0.5, 0.6) is 0 Å². The third-order valence-corrected chi connectivity index (χ3v) is 4.10. The van der Waals surface area contributed by atoms with E-state index in [-0.39, 0.29) is 22.0 Å². The molecule has 0 bridgehead atoms. The summed E-state index contributed by atoms with van der Waals surface area (Å²) in [6.45, 7) is 5.34. The summed E-state index contributed by atoms with van der Waals surface area (Å²) in [5.41, 5.74) is -0.0731. The van der Waals surface area contributed by atoms with Crippen LogP contribution in [-0.2, 0) is 0 Å². The van der Waals surface area contributed by atoms with Gasteiger partial charge in [-0.15, -0.1) is 0 Å². The molecule has 1 fully saturated rings. The van der Waals surface area contributed by atoms with Crippen LogP contribution in [-0.4, -0.2) is 45.5 Å². The fourth-order valence-corrected chi connectivity index (χ4v) is 3.09. The van der Waals surface area contributed by atoms with Crippen LogP contribution in [0.2, 0.25) is 0 Å². The van der Waals surface area contributed by atoms with Gasteiger partial charge in [0.15, 0.2) is 0 Å². The van der Waals surface area contributed by atoms with E-state index in [0.29, 0.717) is 13.1 Å². The summed E-state index contributed by atoms with van der Waals surface area (Å²) in [5.74, 6) is -0.712. The Balaban J connectivity index is 2.21. The molecule has 0 atom stereocenters. The van der Waals surface area contributed by atoms with E-state index >= 15 is 0 Å². The van der Waals surface area contributed by atoms with Crippen LogP contribution in [0.15, 0.2) is 16.7 Å². The molecular weight excluding hydrogens is 254 g/mol. The lowest BCUT2D eigenvalue weighted by molar-refractivity contribution is 0.0658. The summed E-state index contributed by atoms with van der Waals surface area (Å²) in [5, 5.41) is 8.97. The van der Waals surface area contributed by atoms with Gasteiger partial charge in [0, 0.05) is 23.6 Å². The highest BCUT2D eigenvalue weighted by Crippen LogP contribution is 2.30. The van der Waals surface area contributed by atoms with Gasteiger partial charge in [-0.25, -0.2) is 4.79 Å². The number of carbonyl (C=O) groups excluding carboxylic acids is 1. The standard InChI is InChI=1S/C12H15NO4S/c1-12(2)7-13(4-6-18-12)10(14)9-8(11(15)16)3-5-17-9/h3,5H,4,6-7H2,1-2H3,(H,15,16). The van der Waals surface area contributed by atoms with E-state index in [2.05, 4.69) is 13.8 Å². The zero-order valence-corrected chi connectivity index (χ0v) is 11.1. The Bertz CT molecular complexity index is 480. The smallest absolute Gasteiger partial charge is 0.339 e. The highest BCUT2D eigenvalue weighted by atomic mass is 32.2. The number of hydrogen-bond acceptors (Lipinski definition) is 4. The lowest BCUT2D eigenvalue weighted by atomic mass is 10.1. The first-order chi connectivity index (χ1) is 8.41. The van der Waals surface area contributed by atoms with E-state index < -0.39 is 5.97 Å². The molecule has 98 valence electrons. The zero-order valence-electron chi connectivity index (χ0n) is 10.3. The number of thioether (sulfide) groups is 1. The molecule has 1 aliphatic rings. The van der Waals surface area contributed by atoms with E-state index in [0.717, 1.165) is 5.75 Å². The van der Waals surface area contributed by atoms with Crippen molar-refractivity contribution in [2.45, 2.75) is 18.6 Å². The van der Waals surface area contributed by atoms with Crippen molar-refractivity contribution in [2.24, 2.45) is 0 Å². The molecule has 18 heavy (non-hydrogen) atoms. The van der Waals surface area contributed by atoms with Gasteiger partial charge in [0.2, 0.25) is 5.76 Å². The van der Waals surface area contributed by atoms with E-state index in [1.165, 1.54) is 12.3 Å². The summed E-state index contributed by atoms with van der Waals surface area (Å²) in [6, 6.07) is 1.30. The minimum Gasteiger partial charge on any atom is -0.478 e. The van der Waals surface area contributed by atoms with Crippen LogP contribution >= 0.6 is 11.8 Å². The molecule has 0 saturated carbocycles. The monoisotopic (exact) mass is 269 g/mol. The average Bonchev–Trinajstić information content (AvgIpc) is 2.75. The quantitative estimate of drug-likeness (QED) is 0.888. The van der Waals surface area contributed by atoms with E-state index in [1.54, 1.807) is 4.90 Å². The molecule has 1 amide bonds. The van der Waals surface area contributed by atoms with Crippen molar-refractivity contribution >= 4 is 23.6 Å². The Morgan fingerprint density at radius 1 is 1.50 bits per heavy atom. The maximum Gasteiger partial charge on any atom is 0.339 e. The zero-order chi connectivity index (χ0) is 13.3. The van der Waals surface area contributed by atoms with Crippen molar-refractivity contribution in [3.63, 3.8) is 0 Å². The van der Waals surface area contributed by atoms with Crippen molar-refractivity contribution < 1.29 is 19.1 Å². The number of nitrogens with zero attached hydrogens (tertiary/aromatic N) is 1. The highest BCUT2D eigenvalue weighted by molar-refractivity contribution is 8.00. The Morgan fingerprint density at radius 3 is 2.83 bits per heavy atom. The first-order valence-electron chi connectivity index (χ1n) is 5.65. The lowest BCUT2D eigenvalue weighted by Crippen LogP contribution is -2.46. The molecule has 0 spiro atoms. The summed E-state index contributed by atoms with van der Waals surface area (Å²) >= 11 is 1.81. The Labute approximate surface area is 109 Å². The van der Waals surface area contributed by atoms with Gasteiger partial charge < -0.3 is 14.4 Å². The molecule has 2 heterocycles. The third-order valence-electron chi connectivity index (χ3n) is 2.80. The molecule has 0 unspecified atom stereocenters. The minimum absolute atomic E-state index is 0.0100. The number of carboxylic acid groups (broad SMARTS) is 1. The predicted octanol–water partition coefficient (Wildman–Crippen LogP) is 1.95. The van der Waals surface area contributed by atoms with Gasteiger partial charge in [0.05, 0.1) is 6.26 Å². The number of hydrogen-bond donors (Lipinski definition) is 1. The molecule has 1 aliphatic heterocycles. The number of furan rings is 1. The number of carboxylic acids is 1. The maximum absolute atomic E-state index is 12.2. The van der Waals surface area contributed by atoms with Crippen LogP contribution in [0.4, 0.5) is 0 Å². The van der Waals surface area contributed by atoms with Crippen LogP contribution in [0.3, 0.4) is 0 Å². The molecule has 1 aromatic rings. The molecule has 0 radical (unpaired) electrons. The largest absolute Gasteiger partial charge is 0.478 e. The molecular formula is C12H15NO4S. The number of rotatable bonds is 2. The van der Waals surface area contributed by atoms with Crippen LogP contribution in [0.25, 0.3) is 0 Å².